The average Bonchev–Trinajstić information content (AvgIpc) is 3.31. The van der Waals surface area contributed by atoms with Gasteiger partial charge in [0.05, 0.1) is 12.7 Å². The highest BCUT2D eigenvalue weighted by atomic mass is 32.2. The van der Waals surface area contributed by atoms with E-state index in [0.717, 1.165) is 53.8 Å². The summed E-state index contributed by atoms with van der Waals surface area (Å²) in [5.74, 6) is 1.88. The van der Waals surface area contributed by atoms with Gasteiger partial charge in [-0.3, -0.25) is 4.79 Å². The largest absolute Gasteiger partial charge is 0.497 e. The van der Waals surface area contributed by atoms with Crippen molar-refractivity contribution in [3.05, 3.63) is 76.5 Å². The molecule has 0 N–H and O–H groups in total. The smallest absolute Gasteiger partial charge is 0.255 e. The van der Waals surface area contributed by atoms with E-state index in [0.29, 0.717) is 0 Å². The fourth-order valence-corrected chi connectivity index (χ4v) is 5.28. The second-order valence-electron chi connectivity index (χ2n) is 6.84. The maximum absolute atomic E-state index is 13.2. The quantitative estimate of drug-likeness (QED) is 0.521. The predicted octanol–water partition coefficient (Wildman–Crippen LogP) is 5.01. The topological polar surface area (TPSA) is 32.8 Å². The fourth-order valence-electron chi connectivity index (χ4n) is 3.46. The van der Waals surface area contributed by atoms with Gasteiger partial charge in [0.1, 0.15) is 5.75 Å². The van der Waals surface area contributed by atoms with Crippen LogP contribution in [-0.4, -0.2) is 44.1 Å². The molecule has 0 radical (unpaired) electrons. The van der Waals surface area contributed by atoms with E-state index in [1.807, 2.05) is 41.3 Å². The van der Waals surface area contributed by atoms with Crippen molar-refractivity contribution in [2.45, 2.75) is 10.6 Å². The summed E-state index contributed by atoms with van der Waals surface area (Å²) in [6, 6.07) is 20.3. The van der Waals surface area contributed by atoms with E-state index in [-0.39, 0.29) is 5.91 Å². The summed E-state index contributed by atoms with van der Waals surface area (Å²) in [6.07, 6.45) is 0. The lowest BCUT2D eigenvalue weighted by atomic mass is 10.1. The molecule has 4 nitrogen and oxygen atoms in total. The van der Waals surface area contributed by atoms with E-state index in [1.165, 1.54) is 4.88 Å². The van der Waals surface area contributed by atoms with Crippen LogP contribution in [0.3, 0.4) is 0 Å². The highest BCUT2D eigenvalue weighted by Crippen LogP contribution is 2.29. The minimum atomic E-state index is 0.129. The van der Waals surface area contributed by atoms with E-state index in [1.54, 1.807) is 30.2 Å². The highest BCUT2D eigenvalue weighted by molar-refractivity contribution is 7.98. The van der Waals surface area contributed by atoms with Crippen LogP contribution in [0.15, 0.2) is 70.9 Å². The van der Waals surface area contributed by atoms with Crippen molar-refractivity contribution in [2.75, 3.05) is 38.2 Å². The molecule has 0 saturated carbocycles. The highest BCUT2D eigenvalue weighted by Gasteiger charge is 2.24. The van der Waals surface area contributed by atoms with E-state index >= 15 is 0 Å². The molecule has 29 heavy (non-hydrogen) atoms. The molecular weight excluding hydrogens is 400 g/mol. The minimum Gasteiger partial charge on any atom is -0.497 e. The van der Waals surface area contributed by atoms with Crippen molar-refractivity contribution in [3.8, 4) is 5.75 Å². The Balaban J connectivity index is 1.40. The number of rotatable bonds is 6. The fraction of sp³-hybridized carbons (Fsp3) is 0.261. The Hall–Kier alpha value is -2.44. The number of piperazine rings is 1. The second-order valence-corrected chi connectivity index (χ2v) is 8.89. The zero-order chi connectivity index (χ0) is 20.1. The van der Waals surface area contributed by atoms with Crippen molar-refractivity contribution < 1.29 is 9.53 Å². The number of hydrogen-bond donors (Lipinski definition) is 0. The van der Waals surface area contributed by atoms with Crippen molar-refractivity contribution in [2.24, 2.45) is 0 Å². The van der Waals surface area contributed by atoms with Gasteiger partial charge in [-0.2, -0.15) is 0 Å². The first-order chi connectivity index (χ1) is 14.2. The molecule has 0 atom stereocenters. The summed E-state index contributed by atoms with van der Waals surface area (Å²) in [5.41, 5.74) is 1.95. The van der Waals surface area contributed by atoms with Crippen LogP contribution in [0.4, 0.5) is 5.69 Å². The summed E-state index contributed by atoms with van der Waals surface area (Å²) < 4.78 is 5.33. The average molecular weight is 425 g/mol. The Morgan fingerprint density at radius 1 is 1.03 bits per heavy atom. The monoisotopic (exact) mass is 424 g/mol. The normalized spacial score (nSPS) is 14.1. The van der Waals surface area contributed by atoms with E-state index < -0.39 is 0 Å². The number of methoxy groups -OCH3 is 1. The first-order valence-corrected chi connectivity index (χ1v) is 11.5. The third kappa shape index (κ3) is 4.77. The van der Waals surface area contributed by atoms with Gasteiger partial charge in [0.2, 0.25) is 0 Å². The number of anilines is 1. The lowest BCUT2D eigenvalue weighted by Crippen LogP contribution is -2.48. The van der Waals surface area contributed by atoms with Crippen molar-refractivity contribution in [3.63, 3.8) is 0 Å². The maximum Gasteiger partial charge on any atom is 0.255 e. The second kappa shape index (κ2) is 9.37. The van der Waals surface area contributed by atoms with Crippen molar-refractivity contribution in [1.29, 1.82) is 0 Å². The molecule has 1 aromatic heterocycles. The van der Waals surface area contributed by atoms with Gasteiger partial charge in [-0.15, -0.1) is 23.1 Å². The van der Waals surface area contributed by atoms with Gasteiger partial charge < -0.3 is 14.5 Å². The van der Waals surface area contributed by atoms with Gasteiger partial charge in [0.15, 0.2) is 0 Å². The molecule has 0 spiro atoms. The molecule has 1 amide bonds. The Morgan fingerprint density at radius 3 is 2.62 bits per heavy atom. The molecule has 2 aromatic carbocycles. The summed E-state index contributed by atoms with van der Waals surface area (Å²) in [4.78, 5) is 19.9. The number of hydrogen-bond acceptors (Lipinski definition) is 5. The Bertz CT molecular complexity index is 951. The van der Waals surface area contributed by atoms with E-state index in [4.69, 9.17) is 4.74 Å². The minimum absolute atomic E-state index is 0.129. The molecule has 6 heteroatoms. The Morgan fingerprint density at radius 2 is 1.86 bits per heavy atom. The molecule has 2 heterocycles. The third-order valence-corrected chi connectivity index (χ3v) is 7.23. The first-order valence-electron chi connectivity index (χ1n) is 9.67. The summed E-state index contributed by atoms with van der Waals surface area (Å²) in [6.45, 7) is 3.09. The number of nitrogens with zero attached hydrogens (tertiary/aromatic N) is 2. The number of benzene rings is 2. The Labute approximate surface area is 180 Å². The van der Waals surface area contributed by atoms with Crippen LogP contribution in [0.2, 0.25) is 0 Å². The van der Waals surface area contributed by atoms with Gasteiger partial charge >= 0.3 is 0 Å². The number of amides is 1. The van der Waals surface area contributed by atoms with Crippen LogP contribution in [0.5, 0.6) is 5.75 Å². The molecule has 3 aromatic rings. The predicted molar refractivity (Wildman–Crippen MR) is 121 cm³/mol. The standard InChI is InChI=1S/C23H24N2O2S2/c1-27-19-7-4-6-18(16-19)24-11-13-25(14-12-24)23(26)21-9-2-3-10-22(21)29-17-20-8-5-15-28-20/h2-10,15-16H,11-14,17H2,1H3. The lowest BCUT2D eigenvalue weighted by Gasteiger charge is -2.36. The molecule has 1 saturated heterocycles. The van der Waals surface area contributed by atoms with Crippen LogP contribution in [-0.2, 0) is 5.75 Å². The molecule has 150 valence electrons. The molecular formula is C23H24N2O2S2. The van der Waals surface area contributed by atoms with Gasteiger partial charge in [-0.1, -0.05) is 24.3 Å². The molecule has 1 fully saturated rings. The zero-order valence-corrected chi connectivity index (χ0v) is 18.0. The Kier molecular flexibility index (Phi) is 6.42. The van der Waals surface area contributed by atoms with Gasteiger partial charge in [-0.05, 0) is 35.7 Å². The van der Waals surface area contributed by atoms with Crippen molar-refractivity contribution in [1.82, 2.24) is 4.90 Å². The van der Waals surface area contributed by atoms with Gasteiger partial charge in [0, 0.05) is 53.5 Å². The maximum atomic E-state index is 13.2. The van der Waals surface area contributed by atoms with Gasteiger partial charge in [-0.25, -0.2) is 0 Å². The van der Waals surface area contributed by atoms with E-state index in [9.17, 15) is 4.79 Å². The number of ether oxygens (including phenoxy) is 1. The summed E-state index contributed by atoms with van der Waals surface area (Å²) in [5, 5.41) is 2.09. The van der Waals surface area contributed by atoms with Crippen LogP contribution in [0.1, 0.15) is 15.2 Å². The zero-order valence-electron chi connectivity index (χ0n) is 16.4. The number of carbonyl (C=O) groups excluding carboxylic acids is 1. The van der Waals surface area contributed by atoms with Gasteiger partial charge in [0.25, 0.3) is 5.91 Å². The molecule has 0 bridgehead atoms. The van der Waals surface area contributed by atoms with Crippen LogP contribution < -0.4 is 9.64 Å². The SMILES string of the molecule is COc1cccc(N2CCN(C(=O)c3ccccc3SCc3cccs3)CC2)c1. The molecule has 4 rings (SSSR count). The van der Waals surface area contributed by atoms with Crippen LogP contribution in [0.25, 0.3) is 0 Å². The number of thiophene rings is 1. The third-order valence-electron chi connectivity index (χ3n) is 5.05. The van der Waals surface area contributed by atoms with Crippen molar-refractivity contribution >= 4 is 34.7 Å². The van der Waals surface area contributed by atoms with E-state index in [2.05, 4.69) is 34.5 Å². The number of thioether (sulfide) groups is 1. The molecule has 0 aliphatic carbocycles. The summed E-state index contributed by atoms with van der Waals surface area (Å²) in [7, 11) is 1.68. The lowest BCUT2D eigenvalue weighted by molar-refractivity contribution is 0.0743. The molecule has 0 unspecified atom stereocenters. The number of carbonyl (C=O) groups is 1. The first kappa shape index (κ1) is 19.9. The molecule has 1 aliphatic heterocycles. The van der Waals surface area contributed by atoms with Crippen LogP contribution >= 0.6 is 23.1 Å². The summed E-state index contributed by atoms with van der Waals surface area (Å²) >= 11 is 3.49. The molecule has 1 aliphatic rings. The van der Waals surface area contributed by atoms with Crippen LogP contribution in [0, 0.1) is 0 Å².